The standard InChI is InChI=1S/C13H24N2O2S/c1-10-3-4-11(17-10)9-15-7-5-13(16-2,6-8-15)12(14)18/h10-11H,3-9H2,1-2H3,(H2,14,18). The van der Waals surface area contributed by atoms with Gasteiger partial charge in [0.1, 0.15) is 10.6 Å². The molecule has 2 unspecified atom stereocenters. The summed E-state index contributed by atoms with van der Waals surface area (Å²) in [7, 11) is 1.70. The van der Waals surface area contributed by atoms with E-state index in [0.717, 1.165) is 32.5 Å². The van der Waals surface area contributed by atoms with Crippen LogP contribution in [0.1, 0.15) is 32.6 Å². The molecular formula is C13H24N2O2S. The molecule has 0 aromatic heterocycles. The van der Waals surface area contributed by atoms with Crippen LogP contribution in [-0.2, 0) is 9.47 Å². The quantitative estimate of drug-likeness (QED) is 0.782. The van der Waals surface area contributed by atoms with Crippen molar-refractivity contribution in [3.8, 4) is 0 Å². The monoisotopic (exact) mass is 272 g/mol. The molecule has 2 rings (SSSR count). The van der Waals surface area contributed by atoms with E-state index in [9.17, 15) is 0 Å². The van der Waals surface area contributed by atoms with Gasteiger partial charge in [-0.25, -0.2) is 0 Å². The van der Waals surface area contributed by atoms with Crippen LogP contribution in [0.3, 0.4) is 0 Å². The minimum atomic E-state index is -0.379. The molecule has 2 N–H and O–H groups in total. The average Bonchev–Trinajstić information content (AvgIpc) is 2.76. The van der Waals surface area contributed by atoms with Crippen LogP contribution in [0.2, 0.25) is 0 Å². The average molecular weight is 272 g/mol. The highest BCUT2D eigenvalue weighted by Crippen LogP contribution is 2.28. The summed E-state index contributed by atoms with van der Waals surface area (Å²) in [6.45, 7) is 5.15. The molecule has 2 saturated heterocycles. The summed E-state index contributed by atoms with van der Waals surface area (Å²) in [5, 5.41) is 0. The molecule has 0 aromatic rings. The number of nitrogens with zero attached hydrogens (tertiary/aromatic N) is 1. The minimum absolute atomic E-state index is 0.379. The van der Waals surface area contributed by atoms with Gasteiger partial charge in [-0.15, -0.1) is 0 Å². The van der Waals surface area contributed by atoms with Crippen LogP contribution in [0, 0.1) is 0 Å². The number of hydrogen-bond donors (Lipinski definition) is 1. The topological polar surface area (TPSA) is 47.7 Å². The van der Waals surface area contributed by atoms with Crippen molar-refractivity contribution in [2.24, 2.45) is 5.73 Å². The van der Waals surface area contributed by atoms with Gasteiger partial charge in [-0.05, 0) is 32.6 Å². The molecule has 2 heterocycles. The first-order valence-corrected chi connectivity index (χ1v) is 7.19. The van der Waals surface area contributed by atoms with Gasteiger partial charge in [-0.2, -0.15) is 0 Å². The van der Waals surface area contributed by atoms with Crippen molar-refractivity contribution in [1.29, 1.82) is 0 Å². The van der Waals surface area contributed by atoms with E-state index in [4.69, 9.17) is 27.4 Å². The Kier molecular flexibility index (Phi) is 4.59. The predicted octanol–water partition coefficient (Wildman–Crippen LogP) is 1.32. The number of thiocarbonyl (C=S) groups is 1. The third-order valence-corrected chi connectivity index (χ3v) is 4.66. The first-order valence-electron chi connectivity index (χ1n) is 6.78. The third kappa shape index (κ3) is 3.02. The van der Waals surface area contributed by atoms with Crippen LogP contribution in [0.15, 0.2) is 0 Å². The van der Waals surface area contributed by atoms with E-state index in [-0.39, 0.29) is 5.60 Å². The van der Waals surface area contributed by atoms with Crippen LogP contribution < -0.4 is 5.73 Å². The maximum atomic E-state index is 5.87. The molecule has 104 valence electrons. The second-order valence-electron chi connectivity index (χ2n) is 5.51. The third-order valence-electron chi connectivity index (χ3n) is 4.29. The van der Waals surface area contributed by atoms with Gasteiger partial charge in [0, 0.05) is 26.7 Å². The minimum Gasteiger partial charge on any atom is -0.391 e. The molecule has 0 amide bonds. The molecule has 5 heteroatoms. The van der Waals surface area contributed by atoms with Crippen LogP contribution in [-0.4, -0.2) is 54.4 Å². The molecule has 0 spiro atoms. The molecule has 0 aromatic carbocycles. The Morgan fingerprint density at radius 1 is 1.44 bits per heavy atom. The number of ether oxygens (including phenoxy) is 2. The highest BCUT2D eigenvalue weighted by molar-refractivity contribution is 7.80. The number of rotatable bonds is 4. The Morgan fingerprint density at radius 2 is 2.11 bits per heavy atom. The fourth-order valence-electron chi connectivity index (χ4n) is 2.96. The van der Waals surface area contributed by atoms with Crippen LogP contribution in [0.4, 0.5) is 0 Å². The van der Waals surface area contributed by atoms with Gasteiger partial charge in [0.15, 0.2) is 0 Å². The Hall–Kier alpha value is -0.230. The molecule has 2 fully saturated rings. The van der Waals surface area contributed by atoms with Gasteiger partial charge in [0.2, 0.25) is 0 Å². The van der Waals surface area contributed by atoms with Gasteiger partial charge >= 0.3 is 0 Å². The zero-order valence-electron chi connectivity index (χ0n) is 11.4. The van der Waals surface area contributed by atoms with E-state index in [1.54, 1.807) is 7.11 Å². The SMILES string of the molecule is COC1(C(N)=S)CCN(CC2CCC(C)O2)CC1. The van der Waals surface area contributed by atoms with Crippen molar-refractivity contribution in [2.45, 2.75) is 50.4 Å². The molecule has 18 heavy (non-hydrogen) atoms. The molecule has 2 atom stereocenters. The fraction of sp³-hybridized carbons (Fsp3) is 0.923. The van der Waals surface area contributed by atoms with Crippen LogP contribution in [0.5, 0.6) is 0 Å². The molecule has 2 aliphatic heterocycles. The van der Waals surface area contributed by atoms with Gasteiger partial charge in [0.05, 0.1) is 12.2 Å². The molecule has 4 nitrogen and oxygen atoms in total. The number of likely N-dealkylation sites (tertiary alicyclic amines) is 1. The summed E-state index contributed by atoms with van der Waals surface area (Å²) in [5.74, 6) is 0. The molecule has 0 saturated carbocycles. The summed E-state index contributed by atoms with van der Waals surface area (Å²) < 4.78 is 11.4. The maximum absolute atomic E-state index is 5.87. The number of methoxy groups -OCH3 is 1. The van der Waals surface area contributed by atoms with Crippen molar-refractivity contribution < 1.29 is 9.47 Å². The normalized spacial score (nSPS) is 32.6. The van der Waals surface area contributed by atoms with E-state index in [0.29, 0.717) is 17.2 Å². The molecule has 0 radical (unpaired) electrons. The lowest BCUT2D eigenvalue weighted by molar-refractivity contribution is -0.0224. The summed E-state index contributed by atoms with van der Waals surface area (Å²) >= 11 is 5.13. The fourth-order valence-corrected chi connectivity index (χ4v) is 3.24. The highest BCUT2D eigenvalue weighted by atomic mass is 32.1. The van der Waals surface area contributed by atoms with E-state index < -0.39 is 0 Å². The Balaban J connectivity index is 1.81. The van der Waals surface area contributed by atoms with Crippen molar-refractivity contribution in [2.75, 3.05) is 26.7 Å². The van der Waals surface area contributed by atoms with E-state index in [1.165, 1.54) is 12.8 Å². The maximum Gasteiger partial charge on any atom is 0.120 e. The van der Waals surface area contributed by atoms with E-state index in [1.807, 2.05) is 0 Å². The van der Waals surface area contributed by atoms with Crippen LogP contribution >= 0.6 is 12.2 Å². The van der Waals surface area contributed by atoms with Crippen molar-refractivity contribution >= 4 is 17.2 Å². The van der Waals surface area contributed by atoms with Gasteiger partial charge in [-0.1, -0.05) is 12.2 Å². The summed E-state index contributed by atoms with van der Waals surface area (Å²) in [6.07, 6.45) is 4.98. The first-order chi connectivity index (χ1) is 8.55. The first kappa shape index (κ1) is 14.2. The predicted molar refractivity (Wildman–Crippen MR) is 75.8 cm³/mol. The van der Waals surface area contributed by atoms with Crippen molar-refractivity contribution in [1.82, 2.24) is 4.90 Å². The highest BCUT2D eigenvalue weighted by Gasteiger charge is 2.38. The largest absolute Gasteiger partial charge is 0.391 e. The second-order valence-corrected chi connectivity index (χ2v) is 5.95. The summed E-state index contributed by atoms with van der Waals surface area (Å²) in [6, 6.07) is 0. The van der Waals surface area contributed by atoms with Crippen molar-refractivity contribution in [3.63, 3.8) is 0 Å². The van der Waals surface area contributed by atoms with Gasteiger partial charge < -0.3 is 20.1 Å². The second kappa shape index (κ2) is 5.82. The number of nitrogens with two attached hydrogens (primary N) is 1. The zero-order valence-corrected chi connectivity index (χ0v) is 12.2. The Labute approximate surface area is 115 Å². The summed E-state index contributed by atoms with van der Waals surface area (Å²) in [4.78, 5) is 2.94. The smallest absolute Gasteiger partial charge is 0.120 e. The molecular weight excluding hydrogens is 248 g/mol. The summed E-state index contributed by atoms with van der Waals surface area (Å²) in [5.41, 5.74) is 5.42. The van der Waals surface area contributed by atoms with Crippen LogP contribution in [0.25, 0.3) is 0 Å². The van der Waals surface area contributed by atoms with E-state index >= 15 is 0 Å². The number of piperidine rings is 1. The lowest BCUT2D eigenvalue weighted by Crippen LogP contribution is -2.53. The van der Waals surface area contributed by atoms with E-state index in [2.05, 4.69) is 11.8 Å². The Bertz CT molecular complexity index is 303. The molecule has 2 aliphatic rings. The zero-order chi connectivity index (χ0) is 13.2. The number of hydrogen-bond acceptors (Lipinski definition) is 4. The van der Waals surface area contributed by atoms with Gasteiger partial charge in [0.25, 0.3) is 0 Å². The lowest BCUT2D eigenvalue weighted by Gasteiger charge is -2.40. The van der Waals surface area contributed by atoms with Gasteiger partial charge in [-0.3, -0.25) is 0 Å². The lowest BCUT2D eigenvalue weighted by atomic mass is 9.91. The molecule has 0 bridgehead atoms. The van der Waals surface area contributed by atoms with Crippen molar-refractivity contribution in [3.05, 3.63) is 0 Å². The molecule has 0 aliphatic carbocycles. The Morgan fingerprint density at radius 3 is 2.56 bits per heavy atom.